The van der Waals surface area contributed by atoms with E-state index >= 15 is 0 Å². The summed E-state index contributed by atoms with van der Waals surface area (Å²) in [5, 5.41) is 26.5. The van der Waals surface area contributed by atoms with Crippen molar-refractivity contribution in [1.29, 1.82) is 0 Å². The highest BCUT2D eigenvalue weighted by atomic mass is 79.9. The Morgan fingerprint density at radius 1 is 1.36 bits per heavy atom. The van der Waals surface area contributed by atoms with E-state index in [2.05, 4.69) is 15.9 Å². The number of aromatic hydroxyl groups is 1. The summed E-state index contributed by atoms with van der Waals surface area (Å²) >= 11 is 3.06. The van der Waals surface area contributed by atoms with Crippen molar-refractivity contribution in [3.8, 4) is 5.75 Å². The Bertz CT molecular complexity index is 398. The third kappa shape index (κ3) is 2.50. The van der Waals surface area contributed by atoms with Crippen molar-refractivity contribution in [2.45, 2.75) is 0 Å². The van der Waals surface area contributed by atoms with Crippen LogP contribution in [0.15, 0.2) is 28.4 Å². The maximum absolute atomic E-state index is 10.3. The van der Waals surface area contributed by atoms with Gasteiger partial charge in [-0.05, 0) is 39.7 Å². The highest BCUT2D eigenvalue weighted by Gasteiger charge is 2.04. The summed E-state index contributed by atoms with van der Waals surface area (Å²) in [5.41, 5.74) is 0.481. The lowest BCUT2D eigenvalue weighted by Crippen LogP contribution is -1.98. The minimum absolute atomic E-state index is 0.0527. The fourth-order valence-corrected chi connectivity index (χ4v) is 1.23. The highest BCUT2D eigenvalue weighted by molar-refractivity contribution is 9.10. The first-order valence-corrected chi connectivity index (χ1v) is 4.42. The molecule has 0 bridgehead atoms. The molecule has 0 saturated carbocycles. The largest absolute Gasteiger partial charge is 0.507 e. The number of phenolic OH excluding ortho intramolecular Hbond substituents is 1. The van der Waals surface area contributed by atoms with Crippen LogP contribution >= 0.6 is 15.9 Å². The molecule has 0 aromatic heterocycles. The molecule has 0 aliphatic heterocycles. The molecular weight excluding hydrogens is 252 g/mol. The average Bonchev–Trinajstić information content (AvgIpc) is 2.11. The van der Waals surface area contributed by atoms with Crippen molar-refractivity contribution in [2.75, 3.05) is 0 Å². The topological polar surface area (TPSA) is 77.8 Å². The highest BCUT2D eigenvalue weighted by Crippen LogP contribution is 2.25. The molecule has 14 heavy (non-hydrogen) atoms. The lowest BCUT2D eigenvalue weighted by Gasteiger charge is -1.98. The van der Waals surface area contributed by atoms with E-state index in [0.29, 0.717) is 10.0 Å². The van der Waals surface area contributed by atoms with E-state index in [4.69, 9.17) is 15.3 Å². The van der Waals surface area contributed by atoms with Crippen LogP contribution in [0.1, 0.15) is 5.56 Å². The van der Waals surface area contributed by atoms with Gasteiger partial charge in [-0.3, -0.25) is 0 Å². The summed E-state index contributed by atoms with van der Waals surface area (Å²) in [5.74, 6) is -2.09. The maximum atomic E-state index is 10.3. The van der Waals surface area contributed by atoms with E-state index < -0.39 is 11.7 Å². The monoisotopic (exact) mass is 258 g/mol. The molecular formula is C9H7BrO4. The number of halogens is 1. The number of aliphatic hydroxyl groups excluding tert-OH is 1. The fourth-order valence-electron chi connectivity index (χ4n) is 0.833. The van der Waals surface area contributed by atoms with Crippen LogP contribution in [0.4, 0.5) is 0 Å². The van der Waals surface area contributed by atoms with Crippen LogP contribution in [-0.4, -0.2) is 21.3 Å². The van der Waals surface area contributed by atoms with Gasteiger partial charge in [0.15, 0.2) is 0 Å². The number of aliphatic hydroxyl groups is 1. The molecule has 0 heterocycles. The zero-order chi connectivity index (χ0) is 10.7. The number of rotatable bonds is 2. The van der Waals surface area contributed by atoms with Crippen LogP contribution in [0.5, 0.6) is 5.75 Å². The van der Waals surface area contributed by atoms with Crippen molar-refractivity contribution in [1.82, 2.24) is 0 Å². The first kappa shape index (κ1) is 10.6. The van der Waals surface area contributed by atoms with Crippen molar-refractivity contribution in [2.24, 2.45) is 0 Å². The van der Waals surface area contributed by atoms with E-state index in [1.54, 1.807) is 0 Å². The Morgan fingerprint density at radius 3 is 2.50 bits per heavy atom. The van der Waals surface area contributed by atoms with Crippen molar-refractivity contribution >= 4 is 28.0 Å². The smallest absolute Gasteiger partial charge is 0.370 e. The summed E-state index contributed by atoms with van der Waals surface area (Å²) in [7, 11) is 0. The molecule has 1 aromatic rings. The molecule has 74 valence electrons. The molecule has 1 rings (SSSR count). The second-order valence-electron chi connectivity index (χ2n) is 2.55. The Kier molecular flexibility index (Phi) is 3.14. The Balaban J connectivity index is 3.04. The molecule has 0 spiro atoms. The van der Waals surface area contributed by atoms with Gasteiger partial charge in [-0.15, -0.1) is 0 Å². The van der Waals surface area contributed by atoms with Crippen LogP contribution in [0.2, 0.25) is 0 Å². The van der Waals surface area contributed by atoms with Gasteiger partial charge in [0.1, 0.15) is 5.75 Å². The SMILES string of the molecule is O=C(O)/C(O)=C/c1ccc(O)c(Br)c1. The van der Waals surface area contributed by atoms with E-state index in [1.165, 1.54) is 18.2 Å². The van der Waals surface area contributed by atoms with Gasteiger partial charge in [0.25, 0.3) is 0 Å². The molecule has 0 saturated heterocycles. The molecule has 0 aliphatic rings. The van der Waals surface area contributed by atoms with Crippen LogP contribution in [0.3, 0.4) is 0 Å². The lowest BCUT2D eigenvalue weighted by molar-refractivity contribution is -0.135. The second kappa shape index (κ2) is 4.15. The number of phenols is 1. The number of benzene rings is 1. The van der Waals surface area contributed by atoms with Gasteiger partial charge in [-0.25, -0.2) is 4.79 Å². The predicted molar refractivity (Wildman–Crippen MR) is 54.0 cm³/mol. The zero-order valence-electron chi connectivity index (χ0n) is 6.94. The third-order valence-electron chi connectivity index (χ3n) is 1.49. The predicted octanol–water partition coefficient (Wildman–Crippen LogP) is 2.14. The summed E-state index contributed by atoms with van der Waals surface area (Å²) in [6.45, 7) is 0. The lowest BCUT2D eigenvalue weighted by atomic mass is 10.2. The normalized spacial score (nSPS) is 11.4. The quantitative estimate of drug-likeness (QED) is 0.561. The number of carboxylic acid groups (broad SMARTS) is 1. The van der Waals surface area contributed by atoms with E-state index in [1.807, 2.05) is 0 Å². The molecule has 0 unspecified atom stereocenters. The Labute approximate surface area is 88.2 Å². The van der Waals surface area contributed by atoms with Gasteiger partial charge in [0.05, 0.1) is 4.47 Å². The van der Waals surface area contributed by atoms with Crippen LogP contribution in [0.25, 0.3) is 6.08 Å². The van der Waals surface area contributed by atoms with Gasteiger partial charge in [0.2, 0.25) is 5.76 Å². The van der Waals surface area contributed by atoms with Gasteiger partial charge in [0, 0.05) is 0 Å². The van der Waals surface area contributed by atoms with E-state index in [9.17, 15) is 4.79 Å². The average molecular weight is 259 g/mol. The standard InChI is InChI=1S/C9H7BrO4/c10-6-3-5(1-2-7(6)11)4-8(12)9(13)14/h1-4,11-12H,(H,13,14)/b8-4-. The van der Waals surface area contributed by atoms with Gasteiger partial charge in [-0.2, -0.15) is 0 Å². The maximum Gasteiger partial charge on any atom is 0.370 e. The number of aliphatic carboxylic acids is 1. The van der Waals surface area contributed by atoms with Gasteiger partial charge in [-0.1, -0.05) is 6.07 Å². The van der Waals surface area contributed by atoms with Crippen molar-refractivity contribution in [3.05, 3.63) is 34.0 Å². The van der Waals surface area contributed by atoms with Crippen LogP contribution < -0.4 is 0 Å². The Hall–Kier alpha value is -1.49. The fraction of sp³-hybridized carbons (Fsp3) is 0. The zero-order valence-corrected chi connectivity index (χ0v) is 8.52. The van der Waals surface area contributed by atoms with E-state index in [0.717, 1.165) is 6.08 Å². The van der Waals surface area contributed by atoms with Crippen molar-refractivity contribution in [3.63, 3.8) is 0 Å². The minimum atomic E-state index is -1.39. The molecule has 0 radical (unpaired) electrons. The Morgan fingerprint density at radius 2 is 2.00 bits per heavy atom. The molecule has 4 nitrogen and oxygen atoms in total. The molecule has 0 fully saturated rings. The first-order valence-electron chi connectivity index (χ1n) is 3.63. The third-order valence-corrected chi connectivity index (χ3v) is 2.13. The second-order valence-corrected chi connectivity index (χ2v) is 3.40. The molecule has 0 amide bonds. The van der Waals surface area contributed by atoms with Crippen LogP contribution in [-0.2, 0) is 4.79 Å². The summed E-state index contributed by atoms with van der Waals surface area (Å²) in [4.78, 5) is 10.3. The number of hydrogen-bond donors (Lipinski definition) is 3. The molecule has 1 aromatic carbocycles. The van der Waals surface area contributed by atoms with Crippen LogP contribution in [0, 0.1) is 0 Å². The van der Waals surface area contributed by atoms with E-state index in [-0.39, 0.29) is 5.75 Å². The number of carboxylic acids is 1. The first-order chi connectivity index (χ1) is 6.50. The van der Waals surface area contributed by atoms with Crippen molar-refractivity contribution < 1.29 is 20.1 Å². The van der Waals surface area contributed by atoms with Gasteiger partial charge >= 0.3 is 5.97 Å². The summed E-state index contributed by atoms with van der Waals surface area (Å²) in [6.07, 6.45) is 1.09. The minimum Gasteiger partial charge on any atom is -0.507 e. The molecule has 0 atom stereocenters. The molecule has 0 aliphatic carbocycles. The van der Waals surface area contributed by atoms with Gasteiger partial charge < -0.3 is 15.3 Å². The number of carbonyl (C=O) groups is 1. The number of hydrogen-bond acceptors (Lipinski definition) is 3. The molecule has 5 heteroatoms. The summed E-state index contributed by atoms with van der Waals surface area (Å²) < 4.78 is 0.435. The molecule has 3 N–H and O–H groups in total. The summed E-state index contributed by atoms with van der Waals surface area (Å²) in [6, 6.07) is 4.37.